The summed E-state index contributed by atoms with van der Waals surface area (Å²) in [6.45, 7) is 1.18. The summed E-state index contributed by atoms with van der Waals surface area (Å²) in [4.78, 5) is 35.7. The van der Waals surface area contributed by atoms with Gasteiger partial charge in [-0.25, -0.2) is 4.79 Å². The minimum absolute atomic E-state index is 0.0145. The Morgan fingerprint density at radius 1 is 1.22 bits per heavy atom. The van der Waals surface area contributed by atoms with Crippen LogP contribution in [0.15, 0.2) is 53.6 Å². The number of halogens is 1. The molecule has 0 bridgehead atoms. The van der Waals surface area contributed by atoms with Crippen LogP contribution in [0.3, 0.4) is 0 Å². The molecule has 11 nitrogen and oxygen atoms in total. The highest BCUT2D eigenvalue weighted by Crippen LogP contribution is 2.14. The normalized spacial score (nSPS) is 10.9. The van der Waals surface area contributed by atoms with Crippen LogP contribution in [-0.4, -0.2) is 39.5 Å². The van der Waals surface area contributed by atoms with Gasteiger partial charge >= 0.3 is 5.97 Å². The fourth-order valence-electron chi connectivity index (χ4n) is 2.64. The van der Waals surface area contributed by atoms with Crippen molar-refractivity contribution >= 4 is 35.3 Å². The van der Waals surface area contributed by atoms with Crippen molar-refractivity contribution < 1.29 is 29.0 Å². The summed E-state index contributed by atoms with van der Waals surface area (Å²) in [5.41, 5.74) is 0.198. The summed E-state index contributed by atoms with van der Waals surface area (Å²) in [7, 11) is 0. The molecule has 0 saturated heterocycles. The SMILES string of the molecule is CCOC(=O)c1c([O-])n(N=Cc2ccc([N+](=O)[O-])cc2)n[n+]1CC(=O)c1ccc(Cl)cc1. The van der Waals surface area contributed by atoms with Crippen molar-refractivity contribution in [2.75, 3.05) is 6.61 Å². The molecule has 0 saturated carbocycles. The number of esters is 1. The van der Waals surface area contributed by atoms with E-state index in [4.69, 9.17) is 16.3 Å². The van der Waals surface area contributed by atoms with Gasteiger partial charge in [-0.1, -0.05) is 16.7 Å². The summed E-state index contributed by atoms with van der Waals surface area (Å²) < 4.78 is 5.83. The van der Waals surface area contributed by atoms with E-state index in [2.05, 4.69) is 10.3 Å². The molecule has 0 N–H and O–H groups in total. The van der Waals surface area contributed by atoms with E-state index in [1.807, 2.05) is 0 Å². The van der Waals surface area contributed by atoms with Crippen LogP contribution in [0.1, 0.15) is 33.3 Å². The molecule has 0 atom stereocenters. The first kappa shape index (κ1) is 22.6. The molecule has 0 aliphatic rings. The maximum Gasteiger partial charge on any atom is 0.383 e. The number of carbonyl (C=O) groups is 2. The van der Waals surface area contributed by atoms with Gasteiger partial charge < -0.3 is 9.84 Å². The van der Waals surface area contributed by atoms with Crippen molar-refractivity contribution in [3.8, 4) is 5.88 Å². The van der Waals surface area contributed by atoms with Gasteiger partial charge in [0.2, 0.25) is 5.78 Å². The Hall–Kier alpha value is -4.12. The highest BCUT2D eigenvalue weighted by Gasteiger charge is 2.29. The van der Waals surface area contributed by atoms with Crippen LogP contribution in [0.5, 0.6) is 5.88 Å². The number of ketones is 1. The van der Waals surface area contributed by atoms with Crippen LogP contribution in [0.2, 0.25) is 5.02 Å². The second-order valence-corrected chi connectivity index (χ2v) is 6.77. The average Bonchev–Trinajstić information content (AvgIpc) is 3.08. The van der Waals surface area contributed by atoms with E-state index in [-0.39, 0.29) is 12.3 Å². The molecule has 3 rings (SSSR count). The number of hydrogen-bond donors (Lipinski definition) is 0. The number of aromatic nitrogens is 3. The van der Waals surface area contributed by atoms with Gasteiger partial charge in [-0.3, -0.25) is 14.9 Å². The van der Waals surface area contributed by atoms with Crippen molar-refractivity contribution in [3.63, 3.8) is 0 Å². The van der Waals surface area contributed by atoms with Crippen molar-refractivity contribution in [1.82, 2.24) is 10.0 Å². The van der Waals surface area contributed by atoms with Crippen molar-refractivity contribution in [2.45, 2.75) is 13.5 Å². The Kier molecular flexibility index (Phi) is 6.90. The van der Waals surface area contributed by atoms with Gasteiger partial charge in [0.15, 0.2) is 12.4 Å². The van der Waals surface area contributed by atoms with E-state index in [1.165, 1.54) is 54.7 Å². The number of carbonyl (C=O) groups excluding carboxylic acids is 2. The summed E-state index contributed by atoms with van der Waals surface area (Å²) in [5, 5.41) is 31.7. The molecule has 2 aromatic carbocycles. The second kappa shape index (κ2) is 9.79. The van der Waals surface area contributed by atoms with Crippen LogP contribution in [-0.2, 0) is 11.3 Å². The zero-order valence-corrected chi connectivity index (χ0v) is 17.4. The Balaban J connectivity index is 1.91. The van der Waals surface area contributed by atoms with Gasteiger partial charge in [-0.15, -0.1) is 4.68 Å². The number of nitro groups is 1. The molecule has 0 aliphatic carbocycles. The molecule has 1 aromatic heterocycles. The predicted octanol–water partition coefficient (Wildman–Crippen LogP) is 1.75. The predicted molar refractivity (Wildman–Crippen MR) is 110 cm³/mol. The Labute approximate surface area is 186 Å². The summed E-state index contributed by atoms with van der Waals surface area (Å²) in [5.74, 6) is -2.25. The number of benzene rings is 2. The van der Waals surface area contributed by atoms with Crippen molar-refractivity contribution in [2.24, 2.45) is 5.10 Å². The Morgan fingerprint density at radius 3 is 2.47 bits per heavy atom. The van der Waals surface area contributed by atoms with Crippen LogP contribution in [0.4, 0.5) is 5.69 Å². The fraction of sp³-hybridized carbons (Fsp3) is 0.150. The molecule has 0 unspecified atom stereocenters. The smallest absolute Gasteiger partial charge is 0.383 e. The minimum Gasteiger partial charge on any atom is -0.836 e. The van der Waals surface area contributed by atoms with Gasteiger partial charge in [0.25, 0.3) is 11.4 Å². The lowest BCUT2D eigenvalue weighted by atomic mass is 10.1. The second-order valence-electron chi connectivity index (χ2n) is 6.33. The molecule has 0 fully saturated rings. The number of hydrogen-bond acceptors (Lipinski definition) is 8. The van der Waals surface area contributed by atoms with E-state index >= 15 is 0 Å². The number of rotatable bonds is 8. The quantitative estimate of drug-likeness (QED) is 0.125. The fourth-order valence-corrected chi connectivity index (χ4v) is 2.76. The first-order chi connectivity index (χ1) is 15.3. The third kappa shape index (κ3) is 5.13. The first-order valence-electron chi connectivity index (χ1n) is 9.25. The first-order valence-corrected chi connectivity index (χ1v) is 9.62. The third-order valence-electron chi connectivity index (χ3n) is 4.18. The molecule has 12 heteroatoms. The highest BCUT2D eigenvalue weighted by atomic mass is 35.5. The van der Waals surface area contributed by atoms with E-state index in [1.54, 1.807) is 6.92 Å². The van der Waals surface area contributed by atoms with E-state index in [0.717, 1.165) is 4.68 Å². The van der Waals surface area contributed by atoms with Crippen LogP contribution in [0, 0.1) is 10.1 Å². The van der Waals surface area contributed by atoms with Gasteiger partial charge in [0.05, 0.1) is 17.7 Å². The molecule has 164 valence electrons. The van der Waals surface area contributed by atoms with E-state index < -0.39 is 34.8 Å². The maximum atomic E-state index is 12.7. The van der Waals surface area contributed by atoms with Crippen molar-refractivity contribution in [1.29, 1.82) is 0 Å². The molecule has 32 heavy (non-hydrogen) atoms. The van der Waals surface area contributed by atoms with Gasteiger partial charge in [-0.2, -0.15) is 0 Å². The molecular formula is C20H16ClN5O6. The molecular weight excluding hydrogens is 442 g/mol. The lowest BCUT2D eigenvalue weighted by molar-refractivity contribution is -0.745. The van der Waals surface area contributed by atoms with Crippen LogP contribution in [0.25, 0.3) is 0 Å². The number of nitrogens with zero attached hydrogens (tertiary/aromatic N) is 5. The number of Topliss-reactive ketones (excluding diaryl/α,β-unsaturated/α-hetero) is 1. The lowest BCUT2D eigenvalue weighted by Gasteiger charge is -2.03. The zero-order valence-electron chi connectivity index (χ0n) is 16.7. The standard InChI is InChI=1S/C20H16ClN5O6/c1-2-32-20(29)18-19(28)25(22-11-13-3-9-16(10-4-13)26(30)31)23-24(18)12-17(27)14-5-7-15(21)8-6-14/h3-11H,2,12H2,1H3. The Morgan fingerprint density at radius 2 is 1.88 bits per heavy atom. The lowest BCUT2D eigenvalue weighted by Crippen LogP contribution is -2.45. The van der Waals surface area contributed by atoms with E-state index in [9.17, 15) is 24.8 Å². The summed E-state index contributed by atoms with van der Waals surface area (Å²) >= 11 is 5.83. The topological polar surface area (TPSA) is 144 Å². The number of non-ortho nitro benzene ring substituents is 1. The van der Waals surface area contributed by atoms with Crippen LogP contribution >= 0.6 is 11.6 Å². The monoisotopic (exact) mass is 457 g/mol. The molecule has 0 aliphatic heterocycles. The molecule has 0 radical (unpaired) electrons. The third-order valence-corrected chi connectivity index (χ3v) is 4.44. The van der Waals surface area contributed by atoms with Gasteiger partial charge in [-0.05, 0) is 53.7 Å². The minimum atomic E-state index is -0.946. The average molecular weight is 458 g/mol. The Bertz CT molecular complexity index is 1190. The summed E-state index contributed by atoms with van der Waals surface area (Å²) in [6.07, 6.45) is 1.23. The highest BCUT2D eigenvalue weighted by molar-refractivity contribution is 6.30. The molecule has 0 amide bonds. The maximum absolute atomic E-state index is 12.7. The van der Waals surface area contributed by atoms with E-state index in [0.29, 0.717) is 20.9 Å². The molecule has 3 aromatic rings. The summed E-state index contributed by atoms with van der Waals surface area (Å²) in [6, 6.07) is 11.5. The zero-order chi connectivity index (χ0) is 23.3. The number of ether oxygens (including phenoxy) is 1. The van der Waals surface area contributed by atoms with Crippen LogP contribution < -0.4 is 9.79 Å². The van der Waals surface area contributed by atoms with Crippen molar-refractivity contribution in [3.05, 3.63) is 80.5 Å². The number of nitro benzene ring substituents is 1. The van der Waals surface area contributed by atoms with Gasteiger partial charge in [0.1, 0.15) is 5.21 Å². The largest absolute Gasteiger partial charge is 0.836 e. The molecule has 0 spiro atoms. The molecule has 1 heterocycles. The van der Waals surface area contributed by atoms with Gasteiger partial charge in [0, 0.05) is 22.7 Å².